The highest BCUT2D eigenvalue weighted by molar-refractivity contribution is 7.86. The van der Waals surface area contributed by atoms with Gasteiger partial charge in [0, 0.05) is 6.42 Å². The Bertz CT molecular complexity index is 427. The van der Waals surface area contributed by atoms with E-state index in [1.165, 1.54) is 51.4 Å². The molecule has 0 bridgehead atoms. The molecule has 0 radical (unpaired) electrons. The SMILES string of the molecule is CCCCCCCCC=CCCCCCCCC(=O)OS(C)(=O)=O. The molecule has 0 rings (SSSR count). The van der Waals surface area contributed by atoms with E-state index in [1.807, 2.05) is 0 Å². The molecular weight excluding hydrogens is 324 g/mol. The molecule has 5 heteroatoms. The Hall–Kier alpha value is -0.840. The molecule has 0 fully saturated rings. The van der Waals surface area contributed by atoms with E-state index in [4.69, 9.17) is 0 Å². The zero-order valence-electron chi connectivity index (χ0n) is 15.6. The molecule has 0 aliphatic carbocycles. The smallest absolute Gasteiger partial charge is 0.322 e. The van der Waals surface area contributed by atoms with Crippen LogP contribution in [-0.4, -0.2) is 20.6 Å². The van der Waals surface area contributed by atoms with Crippen molar-refractivity contribution in [1.29, 1.82) is 0 Å². The predicted molar refractivity (Wildman–Crippen MR) is 100 cm³/mol. The third kappa shape index (κ3) is 19.2. The molecule has 0 N–H and O–H groups in total. The molecule has 0 amide bonds. The minimum Gasteiger partial charge on any atom is -0.346 e. The topological polar surface area (TPSA) is 60.4 Å². The molecule has 0 saturated heterocycles. The molecule has 0 aromatic heterocycles. The summed E-state index contributed by atoms with van der Waals surface area (Å²) < 4.78 is 25.8. The van der Waals surface area contributed by atoms with E-state index < -0.39 is 16.1 Å². The second-order valence-electron chi connectivity index (χ2n) is 6.49. The van der Waals surface area contributed by atoms with Crippen LogP contribution in [0.25, 0.3) is 0 Å². The fourth-order valence-electron chi connectivity index (χ4n) is 2.55. The Morgan fingerprint density at radius 2 is 1.25 bits per heavy atom. The van der Waals surface area contributed by atoms with Gasteiger partial charge in [0.05, 0.1) is 6.26 Å². The lowest BCUT2D eigenvalue weighted by Crippen LogP contribution is -2.10. The molecular formula is C19H36O4S. The van der Waals surface area contributed by atoms with Gasteiger partial charge in [0.25, 0.3) is 0 Å². The lowest BCUT2D eigenvalue weighted by Gasteiger charge is -2.01. The van der Waals surface area contributed by atoms with Gasteiger partial charge >= 0.3 is 16.1 Å². The average molecular weight is 361 g/mol. The van der Waals surface area contributed by atoms with Crippen LogP contribution in [0.3, 0.4) is 0 Å². The van der Waals surface area contributed by atoms with Crippen molar-refractivity contribution in [2.24, 2.45) is 0 Å². The number of unbranched alkanes of at least 4 members (excludes halogenated alkanes) is 11. The van der Waals surface area contributed by atoms with E-state index in [-0.39, 0.29) is 6.42 Å². The minimum absolute atomic E-state index is 0.186. The summed E-state index contributed by atoms with van der Waals surface area (Å²) in [4.78, 5) is 11.2. The quantitative estimate of drug-likeness (QED) is 0.206. The van der Waals surface area contributed by atoms with E-state index in [2.05, 4.69) is 23.3 Å². The van der Waals surface area contributed by atoms with E-state index in [1.54, 1.807) is 0 Å². The van der Waals surface area contributed by atoms with Crippen molar-refractivity contribution in [2.75, 3.05) is 6.26 Å². The van der Waals surface area contributed by atoms with Crippen LogP contribution in [0.15, 0.2) is 12.2 Å². The zero-order valence-corrected chi connectivity index (χ0v) is 16.4. The van der Waals surface area contributed by atoms with Crippen molar-refractivity contribution in [1.82, 2.24) is 0 Å². The summed E-state index contributed by atoms with van der Waals surface area (Å²) in [6.07, 6.45) is 21.2. The summed E-state index contributed by atoms with van der Waals surface area (Å²) in [6.45, 7) is 2.25. The zero-order chi connectivity index (χ0) is 18.1. The van der Waals surface area contributed by atoms with Crippen LogP contribution in [0.5, 0.6) is 0 Å². The third-order valence-corrected chi connectivity index (χ3v) is 4.38. The standard InChI is InChI=1S/C19H36O4S/c1-3-4-5-6-7-8-9-10-11-12-13-14-15-16-17-18-19(20)23-24(2,21)22/h10-11H,3-9,12-18H2,1-2H3. The van der Waals surface area contributed by atoms with Gasteiger partial charge in [-0.25, -0.2) is 0 Å². The van der Waals surface area contributed by atoms with Crippen molar-refractivity contribution < 1.29 is 17.4 Å². The Labute approximate surface area is 149 Å². The molecule has 0 aromatic carbocycles. The Balaban J connectivity index is 3.27. The van der Waals surface area contributed by atoms with E-state index in [0.29, 0.717) is 6.42 Å². The average Bonchev–Trinajstić information content (AvgIpc) is 2.49. The normalized spacial score (nSPS) is 11.9. The fraction of sp³-hybridized carbons (Fsp3) is 0.842. The second kappa shape index (κ2) is 15.7. The molecule has 142 valence electrons. The summed E-state index contributed by atoms with van der Waals surface area (Å²) in [5.41, 5.74) is 0. The number of carbonyl (C=O) groups is 1. The van der Waals surface area contributed by atoms with Crippen molar-refractivity contribution >= 4 is 16.1 Å². The van der Waals surface area contributed by atoms with Gasteiger partial charge in [-0.1, -0.05) is 70.4 Å². The summed E-state index contributed by atoms with van der Waals surface area (Å²) in [6, 6.07) is 0. The first kappa shape index (κ1) is 23.2. The van der Waals surface area contributed by atoms with Gasteiger partial charge in [0.15, 0.2) is 0 Å². The molecule has 0 unspecified atom stereocenters. The maximum absolute atomic E-state index is 11.2. The van der Waals surface area contributed by atoms with Crippen LogP contribution in [0.4, 0.5) is 0 Å². The minimum atomic E-state index is -3.65. The van der Waals surface area contributed by atoms with Crippen LogP contribution in [0, 0.1) is 0 Å². The number of carbonyl (C=O) groups excluding carboxylic acids is 1. The molecule has 0 aliphatic heterocycles. The van der Waals surface area contributed by atoms with Crippen molar-refractivity contribution in [3.8, 4) is 0 Å². The Morgan fingerprint density at radius 1 is 0.792 bits per heavy atom. The molecule has 0 saturated carbocycles. The van der Waals surface area contributed by atoms with Crippen LogP contribution in [0.2, 0.25) is 0 Å². The molecule has 4 nitrogen and oxygen atoms in total. The Kier molecular flexibility index (Phi) is 15.1. The van der Waals surface area contributed by atoms with Crippen molar-refractivity contribution in [2.45, 2.75) is 96.8 Å². The van der Waals surface area contributed by atoms with Gasteiger partial charge in [-0.3, -0.25) is 4.79 Å². The molecule has 0 atom stereocenters. The first-order valence-corrected chi connectivity index (χ1v) is 11.3. The van der Waals surface area contributed by atoms with Gasteiger partial charge < -0.3 is 4.18 Å². The monoisotopic (exact) mass is 360 g/mol. The van der Waals surface area contributed by atoms with Gasteiger partial charge in [-0.15, -0.1) is 0 Å². The molecule has 24 heavy (non-hydrogen) atoms. The first-order valence-electron chi connectivity index (χ1n) is 9.53. The van der Waals surface area contributed by atoms with Gasteiger partial charge in [0.2, 0.25) is 0 Å². The number of allylic oxidation sites excluding steroid dienone is 2. The van der Waals surface area contributed by atoms with Crippen molar-refractivity contribution in [3.63, 3.8) is 0 Å². The highest BCUT2D eigenvalue weighted by Gasteiger charge is 2.09. The van der Waals surface area contributed by atoms with Crippen LogP contribution >= 0.6 is 0 Å². The number of hydrogen-bond donors (Lipinski definition) is 0. The lowest BCUT2D eigenvalue weighted by molar-refractivity contribution is -0.133. The number of rotatable bonds is 16. The molecule has 0 spiro atoms. The van der Waals surface area contributed by atoms with Gasteiger partial charge in [-0.05, 0) is 32.1 Å². The third-order valence-electron chi connectivity index (χ3n) is 3.89. The summed E-state index contributed by atoms with van der Waals surface area (Å²) in [7, 11) is -3.65. The first-order chi connectivity index (χ1) is 11.5. The lowest BCUT2D eigenvalue weighted by atomic mass is 10.1. The summed E-state index contributed by atoms with van der Waals surface area (Å²) in [5, 5.41) is 0. The predicted octanol–water partition coefficient (Wildman–Crippen LogP) is 5.53. The van der Waals surface area contributed by atoms with Crippen LogP contribution in [-0.2, 0) is 19.1 Å². The molecule has 0 aliphatic rings. The van der Waals surface area contributed by atoms with Gasteiger partial charge in [-0.2, -0.15) is 8.42 Å². The van der Waals surface area contributed by atoms with Crippen LogP contribution < -0.4 is 0 Å². The van der Waals surface area contributed by atoms with E-state index >= 15 is 0 Å². The van der Waals surface area contributed by atoms with E-state index in [9.17, 15) is 13.2 Å². The van der Waals surface area contributed by atoms with Crippen LogP contribution in [0.1, 0.15) is 96.8 Å². The highest BCUT2D eigenvalue weighted by Crippen LogP contribution is 2.10. The largest absolute Gasteiger partial charge is 0.346 e. The highest BCUT2D eigenvalue weighted by atomic mass is 32.2. The second-order valence-corrected chi connectivity index (χ2v) is 8.07. The van der Waals surface area contributed by atoms with E-state index in [0.717, 1.165) is 31.9 Å². The summed E-state index contributed by atoms with van der Waals surface area (Å²) in [5.74, 6) is -0.643. The number of hydrogen-bond acceptors (Lipinski definition) is 4. The fourth-order valence-corrected chi connectivity index (χ4v) is 2.97. The maximum Gasteiger partial charge on any atom is 0.322 e. The molecule has 0 aromatic rings. The summed E-state index contributed by atoms with van der Waals surface area (Å²) >= 11 is 0. The van der Waals surface area contributed by atoms with Crippen molar-refractivity contribution in [3.05, 3.63) is 12.2 Å². The Morgan fingerprint density at radius 3 is 1.75 bits per heavy atom. The maximum atomic E-state index is 11.2. The molecule has 0 heterocycles. The van der Waals surface area contributed by atoms with Gasteiger partial charge in [0.1, 0.15) is 0 Å².